The maximum Gasteiger partial charge on any atom is 0.154 e. The minimum Gasteiger partial charge on any atom is -0.227 e. The summed E-state index contributed by atoms with van der Waals surface area (Å²) in [6.45, 7) is 1.94. The minimum atomic E-state index is -0.181. The van der Waals surface area contributed by atoms with Crippen LogP contribution in [0.15, 0.2) is 42.7 Å². The number of rotatable bonds is 2. The summed E-state index contributed by atoms with van der Waals surface area (Å²) >= 11 is 0. The number of halogens is 1. The summed E-state index contributed by atoms with van der Waals surface area (Å²) in [6, 6.07) is 8.92. The Morgan fingerprint density at radius 3 is 2.89 bits per heavy atom. The molecule has 1 aromatic carbocycles. The van der Waals surface area contributed by atoms with E-state index in [1.54, 1.807) is 16.9 Å². The van der Waals surface area contributed by atoms with Crippen LogP contribution in [-0.2, 0) is 6.42 Å². The van der Waals surface area contributed by atoms with Crippen molar-refractivity contribution in [3.8, 4) is 11.3 Å². The van der Waals surface area contributed by atoms with Crippen molar-refractivity contribution < 1.29 is 4.39 Å². The van der Waals surface area contributed by atoms with Crippen LogP contribution in [0.25, 0.3) is 16.9 Å². The molecule has 0 amide bonds. The van der Waals surface area contributed by atoms with Crippen LogP contribution < -0.4 is 0 Å². The second-order valence-corrected chi connectivity index (χ2v) is 4.11. The summed E-state index contributed by atoms with van der Waals surface area (Å²) in [5.41, 5.74) is 2.98. The molecule has 0 aliphatic carbocycles. The first kappa shape index (κ1) is 10.9. The molecule has 0 unspecified atom stereocenters. The van der Waals surface area contributed by atoms with Crippen LogP contribution in [0.2, 0.25) is 0 Å². The predicted molar refractivity (Wildman–Crippen MR) is 67.8 cm³/mol. The SMILES string of the molecule is CCc1ccc(-c2cn3ncccc3n2)cc1F. The highest BCUT2D eigenvalue weighted by Gasteiger charge is 2.07. The van der Waals surface area contributed by atoms with Crippen LogP contribution in [-0.4, -0.2) is 14.6 Å². The molecule has 0 aliphatic heterocycles. The third kappa shape index (κ3) is 1.76. The van der Waals surface area contributed by atoms with Crippen LogP contribution in [0.4, 0.5) is 4.39 Å². The summed E-state index contributed by atoms with van der Waals surface area (Å²) in [5, 5.41) is 4.14. The number of benzene rings is 1. The third-order valence-corrected chi connectivity index (χ3v) is 2.97. The quantitative estimate of drug-likeness (QED) is 0.690. The van der Waals surface area contributed by atoms with Gasteiger partial charge in [-0.15, -0.1) is 0 Å². The highest BCUT2D eigenvalue weighted by Crippen LogP contribution is 2.21. The minimum absolute atomic E-state index is 0.181. The van der Waals surface area contributed by atoms with E-state index in [-0.39, 0.29) is 5.82 Å². The van der Waals surface area contributed by atoms with Gasteiger partial charge in [-0.25, -0.2) is 13.9 Å². The molecule has 0 aliphatic rings. The second-order valence-electron chi connectivity index (χ2n) is 4.11. The topological polar surface area (TPSA) is 30.2 Å². The lowest BCUT2D eigenvalue weighted by atomic mass is 10.1. The molecule has 0 fully saturated rings. The Morgan fingerprint density at radius 1 is 1.28 bits per heavy atom. The molecule has 0 atom stereocenters. The molecule has 3 nitrogen and oxygen atoms in total. The molecule has 0 bridgehead atoms. The summed E-state index contributed by atoms with van der Waals surface area (Å²) in [6.07, 6.45) is 4.19. The Kier molecular flexibility index (Phi) is 2.55. The Hall–Kier alpha value is -2.23. The fourth-order valence-electron chi connectivity index (χ4n) is 1.96. The second kappa shape index (κ2) is 4.22. The van der Waals surface area contributed by atoms with Crippen molar-refractivity contribution in [2.75, 3.05) is 0 Å². The van der Waals surface area contributed by atoms with Crippen molar-refractivity contribution in [3.63, 3.8) is 0 Å². The Bertz CT molecular complexity index is 670. The molecule has 2 heterocycles. The van der Waals surface area contributed by atoms with Crippen LogP contribution in [0.1, 0.15) is 12.5 Å². The van der Waals surface area contributed by atoms with Gasteiger partial charge in [0.15, 0.2) is 5.65 Å². The number of imidazole rings is 1. The smallest absolute Gasteiger partial charge is 0.154 e. The van der Waals surface area contributed by atoms with Crippen molar-refractivity contribution >= 4 is 5.65 Å². The van der Waals surface area contributed by atoms with Gasteiger partial charge in [0.25, 0.3) is 0 Å². The molecule has 4 heteroatoms. The molecule has 90 valence electrons. The first-order chi connectivity index (χ1) is 8.78. The number of aryl methyl sites for hydroxylation is 1. The third-order valence-electron chi connectivity index (χ3n) is 2.97. The van der Waals surface area contributed by atoms with E-state index in [9.17, 15) is 4.39 Å². The first-order valence-corrected chi connectivity index (χ1v) is 5.87. The Morgan fingerprint density at radius 2 is 2.17 bits per heavy atom. The van der Waals surface area contributed by atoms with E-state index < -0.39 is 0 Å². The molecular formula is C14H12FN3. The van der Waals surface area contributed by atoms with Gasteiger partial charge in [0.05, 0.1) is 11.9 Å². The number of aromatic nitrogens is 3. The van der Waals surface area contributed by atoms with Gasteiger partial charge in [-0.1, -0.05) is 19.1 Å². The highest BCUT2D eigenvalue weighted by atomic mass is 19.1. The number of nitrogens with zero attached hydrogens (tertiary/aromatic N) is 3. The van der Waals surface area contributed by atoms with E-state index >= 15 is 0 Å². The average molecular weight is 241 g/mol. The summed E-state index contributed by atoms with van der Waals surface area (Å²) in [4.78, 5) is 4.41. The summed E-state index contributed by atoms with van der Waals surface area (Å²) in [5.74, 6) is -0.181. The monoisotopic (exact) mass is 241 g/mol. The zero-order valence-electron chi connectivity index (χ0n) is 9.97. The van der Waals surface area contributed by atoms with E-state index in [1.165, 1.54) is 6.07 Å². The lowest BCUT2D eigenvalue weighted by molar-refractivity contribution is 0.612. The van der Waals surface area contributed by atoms with Gasteiger partial charge >= 0.3 is 0 Å². The van der Waals surface area contributed by atoms with Crippen LogP contribution >= 0.6 is 0 Å². The Balaban J connectivity index is 2.11. The zero-order chi connectivity index (χ0) is 12.5. The maximum absolute atomic E-state index is 13.7. The van der Waals surface area contributed by atoms with E-state index in [1.807, 2.05) is 31.2 Å². The summed E-state index contributed by atoms with van der Waals surface area (Å²) in [7, 11) is 0. The van der Waals surface area contributed by atoms with Crippen molar-refractivity contribution in [1.82, 2.24) is 14.6 Å². The predicted octanol–water partition coefficient (Wildman–Crippen LogP) is 3.10. The molecule has 0 radical (unpaired) electrons. The van der Waals surface area contributed by atoms with E-state index in [0.717, 1.165) is 22.5 Å². The van der Waals surface area contributed by atoms with Crippen molar-refractivity contribution in [1.29, 1.82) is 0 Å². The molecule has 0 N–H and O–H groups in total. The van der Waals surface area contributed by atoms with Gasteiger partial charge in [0.2, 0.25) is 0 Å². The lowest BCUT2D eigenvalue weighted by Crippen LogP contribution is -1.88. The molecule has 18 heavy (non-hydrogen) atoms. The van der Waals surface area contributed by atoms with Crippen molar-refractivity contribution in [3.05, 3.63) is 54.1 Å². The van der Waals surface area contributed by atoms with Gasteiger partial charge < -0.3 is 0 Å². The lowest BCUT2D eigenvalue weighted by Gasteiger charge is -2.01. The molecule has 0 saturated carbocycles. The Labute approximate surface area is 104 Å². The zero-order valence-corrected chi connectivity index (χ0v) is 9.97. The standard InChI is InChI=1S/C14H12FN3/c1-2-10-5-6-11(8-12(10)15)13-9-18-14(17-13)4-3-7-16-18/h3-9H,2H2,1H3. The molecule has 0 saturated heterocycles. The molecule has 2 aromatic heterocycles. The van der Waals surface area contributed by atoms with E-state index in [0.29, 0.717) is 6.42 Å². The van der Waals surface area contributed by atoms with E-state index in [4.69, 9.17) is 0 Å². The van der Waals surface area contributed by atoms with Gasteiger partial charge in [-0.05, 0) is 30.2 Å². The summed E-state index contributed by atoms with van der Waals surface area (Å²) < 4.78 is 15.4. The molecule has 3 rings (SSSR count). The molecule has 3 aromatic rings. The first-order valence-electron chi connectivity index (χ1n) is 5.87. The number of hydrogen-bond acceptors (Lipinski definition) is 2. The molecular weight excluding hydrogens is 229 g/mol. The largest absolute Gasteiger partial charge is 0.227 e. The van der Waals surface area contributed by atoms with Crippen LogP contribution in [0, 0.1) is 5.82 Å². The van der Waals surface area contributed by atoms with Crippen molar-refractivity contribution in [2.45, 2.75) is 13.3 Å². The normalized spacial score (nSPS) is 11.0. The van der Waals surface area contributed by atoms with E-state index in [2.05, 4.69) is 10.1 Å². The molecule has 0 spiro atoms. The number of fused-ring (bicyclic) bond motifs is 1. The van der Waals surface area contributed by atoms with Crippen molar-refractivity contribution in [2.24, 2.45) is 0 Å². The van der Waals surface area contributed by atoms with Crippen LogP contribution in [0.5, 0.6) is 0 Å². The fraction of sp³-hybridized carbons (Fsp3) is 0.143. The highest BCUT2D eigenvalue weighted by molar-refractivity contribution is 5.62. The van der Waals surface area contributed by atoms with Gasteiger partial charge in [0, 0.05) is 11.8 Å². The van der Waals surface area contributed by atoms with Gasteiger partial charge in [0.1, 0.15) is 5.82 Å². The maximum atomic E-state index is 13.7. The average Bonchev–Trinajstić information content (AvgIpc) is 2.82. The van der Waals surface area contributed by atoms with Gasteiger partial charge in [-0.2, -0.15) is 5.10 Å². The number of hydrogen-bond donors (Lipinski definition) is 0. The fourth-order valence-corrected chi connectivity index (χ4v) is 1.96. The van der Waals surface area contributed by atoms with Crippen LogP contribution in [0.3, 0.4) is 0 Å². The van der Waals surface area contributed by atoms with Gasteiger partial charge in [-0.3, -0.25) is 0 Å².